The summed E-state index contributed by atoms with van der Waals surface area (Å²) in [5, 5.41) is 12.6. The van der Waals surface area contributed by atoms with Crippen molar-refractivity contribution >= 4 is 10.8 Å². The Morgan fingerprint density at radius 2 is 1.70 bits per heavy atom. The Morgan fingerprint density at radius 3 is 2.40 bits per heavy atom. The number of rotatable bonds is 2. The lowest BCUT2D eigenvalue weighted by Crippen LogP contribution is -2.24. The third kappa shape index (κ3) is 2.18. The fourth-order valence-corrected chi connectivity index (χ4v) is 3.30. The molecular weight excluding hydrogens is 246 g/mol. The van der Waals surface area contributed by atoms with Crippen LogP contribution in [0, 0.1) is 11.8 Å². The molecule has 20 heavy (non-hydrogen) atoms. The molecule has 1 aliphatic heterocycles. The van der Waals surface area contributed by atoms with Crippen LogP contribution >= 0.6 is 0 Å². The zero-order valence-corrected chi connectivity index (χ0v) is 12.5. The second-order valence-corrected chi connectivity index (χ2v) is 6.31. The first-order valence-corrected chi connectivity index (χ1v) is 7.52. The van der Waals surface area contributed by atoms with Crippen LogP contribution < -0.4 is 0 Å². The Morgan fingerprint density at radius 1 is 1.05 bits per heavy atom. The summed E-state index contributed by atoms with van der Waals surface area (Å²) in [6.07, 6.45) is 0. The standard InChI is InChI=1S/C18H23NO/c1-12-10-19(11-13(12)2)14(3)16-9-8-15-6-4-5-7-17(15)18(16)20/h4-9,12-14,20H,10-11H2,1-3H3. The number of phenolic OH excluding ortho intramolecular Hbond substituents is 1. The molecule has 2 aromatic carbocycles. The number of hydrogen-bond donors (Lipinski definition) is 1. The average molecular weight is 269 g/mol. The van der Waals surface area contributed by atoms with E-state index < -0.39 is 0 Å². The number of phenols is 1. The molecule has 0 radical (unpaired) electrons. The molecule has 0 bridgehead atoms. The summed E-state index contributed by atoms with van der Waals surface area (Å²) >= 11 is 0. The smallest absolute Gasteiger partial charge is 0.128 e. The van der Waals surface area contributed by atoms with Gasteiger partial charge in [0.05, 0.1) is 0 Å². The molecular formula is C18H23NO. The second kappa shape index (κ2) is 5.10. The largest absolute Gasteiger partial charge is 0.507 e. The van der Waals surface area contributed by atoms with Crippen LogP contribution in [0.1, 0.15) is 32.4 Å². The topological polar surface area (TPSA) is 23.5 Å². The fraction of sp³-hybridized carbons (Fsp3) is 0.444. The predicted molar refractivity (Wildman–Crippen MR) is 83.9 cm³/mol. The first-order valence-electron chi connectivity index (χ1n) is 7.52. The van der Waals surface area contributed by atoms with Crippen molar-refractivity contribution in [2.45, 2.75) is 26.8 Å². The molecule has 1 saturated heterocycles. The van der Waals surface area contributed by atoms with E-state index >= 15 is 0 Å². The number of hydrogen-bond acceptors (Lipinski definition) is 2. The van der Waals surface area contributed by atoms with E-state index in [1.807, 2.05) is 24.3 Å². The van der Waals surface area contributed by atoms with Crippen molar-refractivity contribution in [2.24, 2.45) is 11.8 Å². The van der Waals surface area contributed by atoms with E-state index in [0.717, 1.165) is 41.3 Å². The van der Waals surface area contributed by atoms with Gasteiger partial charge in [0.2, 0.25) is 0 Å². The molecule has 1 aliphatic rings. The van der Waals surface area contributed by atoms with E-state index in [2.05, 4.69) is 37.8 Å². The van der Waals surface area contributed by atoms with Gasteiger partial charge in [-0.25, -0.2) is 0 Å². The lowest BCUT2D eigenvalue weighted by atomic mass is 10.0. The quantitative estimate of drug-likeness (QED) is 0.883. The van der Waals surface area contributed by atoms with Gasteiger partial charge in [0.25, 0.3) is 0 Å². The molecule has 2 heteroatoms. The van der Waals surface area contributed by atoms with Crippen LogP contribution in [0.4, 0.5) is 0 Å². The highest BCUT2D eigenvalue weighted by Crippen LogP contribution is 2.37. The molecule has 0 amide bonds. The number of benzene rings is 2. The van der Waals surface area contributed by atoms with Crippen molar-refractivity contribution in [2.75, 3.05) is 13.1 Å². The lowest BCUT2D eigenvalue weighted by molar-refractivity contribution is 0.246. The first kappa shape index (κ1) is 13.4. The van der Waals surface area contributed by atoms with Crippen LogP contribution in [0.15, 0.2) is 36.4 Å². The predicted octanol–water partition coefficient (Wildman–Crippen LogP) is 4.19. The van der Waals surface area contributed by atoms with E-state index in [1.165, 1.54) is 0 Å². The Bertz CT molecular complexity index is 612. The van der Waals surface area contributed by atoms with Gasteiger partial charge in [-0.15, -0.1) is 0 Å². The van der Waals surface area contributed by atoms with Gasteiger partial charge in [-0.2, -0.15) is 0 Å². The van der Waals surface area contributed by atoms with Gasteiger partial charge in [-0.1, -0.05) is 50.2 Å². The summed E-state index contributed by atoms with van der Waals surface area (Å²) in [6, 6.07) is 12.5. The average Bonchev–Trinajstić information content (AvgIpc) is 2.79. The first-order chi connectivity index (χ1) is 9.58. The Labute approximate surface area is 121 Å². The van der Waals surface area contributed by atoms with Gasteiger partial charge < -0.3 is 5.11 Å². The minimum absolute atomic E-state index is 0.270. The van der Waals surface area contributed by atoms with Crippen molar-refractivity contribution in [3.8, 4) is 5.75 Å². The summed E-state index contributed by atoms with van der Waals surface area (Å²) < 4.78 is 0. The van der Waals surface area contributed by atoms with Gasteiger partial charge >= 0.3 is 0 Å². The van der Waals surface area contributed by atoms with Crippen LogP contribution in [-0.2, 0) is 0 Å². The highest BCUT2D eigenvalue weighted by atomic mass is 16.3. The number of likely N-dealkylation sites (tertiary alicyclic amines) is 1. The van der Waals surface area contributed by atoms with E-state index in [-0.39, 0.29) is 6.04 Å². The van der Waals surface area contributed by atoms with Gasteiger partial charge in [-0.3, -0.25) is 4.90 Å². The highest BCUT2D eigenvalue weighted by Gasteiger charge is 2.30. The summed E-state index contributed by atoms with van der Waals surface area (Å²) in [5.74, 6) is 1.92. The Balaban J connectivity index is 1.96. The zero-order chi connectivity index (χ0) is 14.3. The monoisotopic (exact) mass is 269 g/mol. The summed E-state index contributed by atoms with van der Waals surface area (Å²) in [7, 11) is 0. The Kier molecular flexibility index (Phi) is 3.43. The van der Waals surface area contributed by atoms with Gasteiger partial charge in [0.15, 0.2) is 0 Å². The minimum atomic E-state index is 0.270. The molecule has 0 spiro atoms. The number of fused-ring (bicyclic) bond motifs is 1. The van der Waals surface area contributed by atoms with Crippen molar-refractivity contribution in [3.05, 3.63) is 42.0 Å². The fourth-order valence-electron chi connectivity index (χ4n) is 3.30. The lowest BCUT2D eigenvalue weighted by Gasteiger charge is -2.25. The van der Waals surface area contributed by atoms with Crippen LogP contribution in [0.5, 0.6) is 5.75 Å². The van der Waals surface area contributed by atoms with E-state index in [9.17, 15) is 5.11 Å². The molecule has 2 nitrogen and oxygen atoms in total. The summed E-state index contributed by atoms with van der Waals surface area (Å²) in [5.41, 5.74) is 1.05. The third-order valence-electron chi connectivity index (χ3n) is 4.95. The van der Waals surface area contributed by atoms with Crippen LogP contribution in [0.2, 0.25) is 0 Å². The van der Waals surface area contributed by atoms with Gasteiger partial charge in [-0.05, 0) is 24.1 Å². The molecule has 0 aliphatic carbocycles. The molecule has 0 saturated carbocycles. The molecule has 106 valence electrons. The van der Waals surface area contributed by atoms with Crippen LogP contribution in [-0.4, -0.2) is 23.1 Å². The minimum Gasteiger partial charge on any atom is -0.507 e. The molecule has 1 heterocycles. The maximum absolute atomic E-state index is 10.6. The summed E-state index contributed by atoms with van der Waals surface area (Å²) in [4.78, 5) is 2.49. The molecule has 0 aromatic heterocycles. The zero-order valence-electron chi connectivity index (χ0n) is 12.5. The normalized spacial score (nSPS) is 25.1. The van der Waals surface area contributed by atoms with E-state index in [0.29, 0.717) is 5.75 Å². The van der Waals surface area contributed by atoms with Crippen molar-refractivity contribution < 1.29 is 5.11 Å². The Hall–Kier alpha value is -1.54. The van der Waals surface area contributed by atoms with Gasteiger partial charge in [0, 0.05) is 30.1 Å². The summed E-state index contributed by atoms with van der Waals surface area (Å²) in [6.45, 7) is 9.08. The number of nitrogens with zero attached hydrogens (tertiary/aromatic N) is 1. The van der Waals surface area contributed by atoms with Crippen LogP contribution in [0.25, 0.3) is 10.8 Å². The third-order valence-corrected chi connectivity index (χ3v) is 4.95. The molecule has 1 N–H and O–H groups in total. The highest BCUT2D eigenvalue weighted by molar-refractivity contribution is 5.89. The number of aromatic hydroxyl groups is 1. The molecule has 3 rings (SSSR count). The molecule has 3 unspecified atom stereocenters. The molecule has 3 atom stereocenters. The SMILES string of the molecule is CC1CN(C(C)c2ccc3ccccc3c2O)CC1C. The van der Waals surface area contributed by atoms with E-state index in [1.54, 1.807) is 0 Å². The van der Waals surface area contributed by atoms with Crippen LogP contribution in [0.3, 0.4) is 0 Å². The van der Waals surface area contributed by atoms with Crippen molar-refractivity contribution in [1.29, 1.82) is 0 Å². The van der Waals surface area contributed by atoms with E-state index in [4.69, 9.17) is 0 Å². The maximum Gasteiger partial charge on any atom is 0.128 e. The molecule has 1 fully saturated rings. The second-order valence-electron chi connectivity index (χ2n) is 6.31. The van der Waals surface area contributed by atoms with Crippen molar-refractivity contribution in [1.82, 2.24) is 4.90 Å². The van der Waals surface area contributed by atoms with Crippen molar-refractivity contribution in [3.63, 3.8) is 0 Å². The van der Waals surface area contributed by atoms with Gasteiger partial charge in [0.1, 0.15) is 5.75 Å². The maximum atomic E-state index is 10.6. The molecule has 2 aromatic rings.